The lowest BCUT2D eigenvalue weighted by molar-refractivity contribution is -0.236. The van der Waals surface area contributed by atoms with Gasteiger partial charge in [-0.15, -0.1) is 0 Å². The summed E-state index contributed by atoms with van der Waals surface area (Å²) in [6, 6.07) is 5.66. The number of carboxylic acids is 1. The molecule has 6 fully saturated rings. The summed E-state index contributed by atoms with van der Waals surface area (Å²) in [6.07, 6.45) is 12.5. The van der Waals surface area contributed by atoms with Gasteiger partial charge >= 0.3 is 11.9 Å². The molecular weight excluding hydrogens is 812 g/mol. The molecule has 6 aliphatic carbocycles. The van der Waals surface area contributed by atoms with Crippen molar-refractivity contribution in [3.8, 4) is 5.75 Å². The van der Waals surface area contributed by atoms with Crippen LogP contribution in [0.4, 0.5) is 0 Å². The summed E-state index contributed by atoms with van der Waals surface area (Å²) in [6.45, 7) is 24.4. The number of likely N-dealkylation sites (tertiary alicyclic amines) is 1. The molecule has 1 amide bonds. The molecule has 1 aromatic carbocycles. The third kappa shape index (κ3) is 7.71. The summed E-state index contributed by atoms with van der Waals surface area (Å²) in [5.74, 6) is 0.160. The van der Waals surface area contributed by atoms with Crippen LogP contribution < -0.4 is 10.1 Å². The van der Waals surface area contributed by atoms with Gasteiger partial charge in [-0.05, 0) is 147 Å². The Hall–Kier alpha value is -2.91. The van der Waals surface area contributed by atoms with E-state index in [-0.39, 0.29) is 63.2 Å². The van der Waals surface area contributed by atoms with Gasteiger partial charge < -0.3 is 19.9 Å². The lowest BCUT2D eigenvalue weighted by atomic mass is 9.33. The number of piperidine rings is 1. The predicted octanol–water partition coefficient (Wildman–Crippen LogP) is 10.9. The first-order valence-electron chi connectivity index (χ1n) is 24.7. The predicted molar refractivity (Wildman–Crippen MR) is 246 cm³/mol. The van der Waals surface area contributed by atoms with E-state index in [0.717, 1.165) is 82.1 Å². The zero-order valence-electron chi connectivity index (χ0n) is 39.9. The molecule has 1 saturated heterocycles. The van der Waals surface area contributed by atoms with Crippen molar-refractivity contribution in [3.63, 3.8) is 0 Å². The number of ketones is 1. The Morgan fingerprint density at radius 1 is 0.873 bits per heavy atom. The lowest BCUT2D eigenvalue weighted by Crippen LogP contribution is -2.66. The zero-order chi connectivity index (χ0) is 45.5. The van der Waals surface area contributed by atoms with Gasteiger partial charge in [-0.25, -0.2) is 0 Å². The number of nitrogens with one attached hydrogen (secondary N) is 1. The van der Waals surface area contributed by atoms with E-state index in [4.69, 9.17) is 21.1 Å². The summed E-state index contributed by atoms with van der Waals surface area (Å²) >= 11 is 6.43. The molecule has 348 valence electrons. The van der Waals surface area contributed by atoms with Gasteiger partial charge in [-0.2, -0.15) is 0 Å². The largest absolute Gasteiger partial charge is 0.492 e. The summed E-state index contributed by atoms with van der Waals surface area (Å²) in [4.78, 5) is 56.5. The Balaban J connectivity index is 0.980. The minimum absolute atomic E-state index is 0.0155. The number of ether oxygens (including phenoxy) is 2. The number of carbonyl (C=O) groups excluding carboxylic acids is 3. The first kappa shape index (κ1) is 46.6. The molecule has 1 heterocycles. The molecule has 0 radical (unpaired) electrons. The molecule has 2 N–H and O–H groups in total. The van der Waals surface area contributed by atoms with Crippen LogP contribution in [0.25, 0.3) is 0 Å². The Labute approximate surface area is 382 Å². The number of halogens is 1. The van der Waals surface area contributed by atoms with E-state index >= 15 is 0 Å². The summed E-state index contributed by atoms with van der Waals surface area (Å²) < 4.78 is 12.7. The SMILES string of the molecule is CC(C)C1=C2[C@H]3CC[C@@H]4[C@@]5(C)CC[C@H](OC(=O)[C@H]6C[C@@H](C(=O)O)C6(C)C)C(C)(C)[C@@H]5CC[C@@]4(C)[C@]3(C)CC[C@@]2(CC(=O)NCc2ccc(Cl)cc2OCCN2CCCCC2)CC1=O. The van der Waals surface area contributed by atoms with Crippen molar-refractivity contribution in [2.75, 3.05) is 26.2 Å². The van der Waals surface area contributed by atoms with Gasteiger partial charge in [0.05, 0.1) is 11.8 Å². The van der Waals surface area contributed by atoms with Crippen LogP contribution in [0.5, 0.6) is 5.75 Å². The van der Waals surface area contributed by atoms with E-state index in [0.29, 0.717) is 55.0 Å². The fraction of sp³-hybridized carbons (Fsp3) is 0.774. The third-order valence-corrected chi connectivity index (χ3v) is 20.0. The minimum atomic E-state index is -0.833. The van der Waals surface area contributed by atoms with Crippen LogP contribution in [-0.4, -0.2) is 66.0 Å². The van der Waals surface area contributed by atoms with Crippen LogP contribution in [-0.2, 0) is 30.5 Å². The highest BCUT2D eigenvalue weighted by Crippen LogP contribution is 2.77. The number of fused-ring (bicyclic) bond motifs is 7. The van der Waals surface area contributed by atoms with Crippen molar-refractivity contribution < 1.29 is 33.8 Å². The monoisotopic (exact) mass is 889 g/mol. The first-order chi connectivity index (χ1) is 29.6. The van der Waals surface area contributed by atoms with Crippen LogP contribution in [0.15, 0.2) is 29.3 Å². The van der Waals surface area contributed by atoms with E-state index < -0.39 is 22.7 Å². The normalized spacial score (nSPS) is 38.1. The van der Waals surface area contributed by atoms with Crippen LogP contribution in [0.1, 0.15) is 158 Å². The van der Waals surface area contributed by atoms with Crippen molar-refractivity contribution in [2.24, 2.45) is 68.0 Å². The van der Waals surface area contributed by atoms with Gasteiger partial charge in [-0.1, -0.05) is 92.0 Å². The average molecular weight is 890 g/mol. The van der Waals surface area contributed by atoms with Crippen molar-refractivity contribution in [1.29, 1.82) is 0 Å². The van der Waals surface area contributed by atoms with E-state index in [2.05, 4.69) is 58.7 Å². The molecular formula is C53H77ClN2O7. The number of amides is 1. The number of carbonyl (C=O) groups is 4. The topological polar surface area (TPSA) is 122 Å². The van der Waals surface area contributed by atoms with E-state index in [9.17, 15) is 24.3 Å². The number of benzene rings is 1. The van der Waals surface area contributed by atoms with Gasteiger partial charge in [0, 0.05) is 47.3 Å². The van der Waals surface area contributed by atoms with Crippen LogP contribution in [0, 0.1) is 68.0 Å². The molecule has 7 aliphatic rings. The minimum Gasteiger partial charge on any atom is -0.492 e. The molecule has 10 atom stereocenters. The molecule has 0 spiro atoms. The number of hydrogen-bond donors (Lipinski definition) is 2. The third-order valence-electron chi connectivity index (χ3n) is 19.7. The van der Waals surface area contributed by atoms with Gasteiger partial charge in [0.2, 0.25) is 5.91 Å². The van der Waals surface area contributed by atoms with Crippen LogP contribution >= 0.6 is 11.6 Å². The molecule has 0 unspecified atom stereocenters. The Morgan fingerprint density at radius 2 is 1.60 bits per heavy atom. The fourth-order valence-electron chi connectivity index (χ4n) is 15.9. The van der Waals surface area contributed by atoms with E-state index in [1.165, 1.54) is 24.8 Å². The van der Waals surface area contributed by atoms with Gasteiger partial charge in [0.25, 0.3) is 0 Å². The van der Waals surface area contributed by atoms with Crippen molar-refractivity contribution in [2.45, 2.75) is 165 Å². The highest BCUT2D eigenvalue weighted by molar-refractivity contribution is 6.30. The maximum atomic E-state index is 14.3. The molecule has 9 nitrogen and oxygen atoms in total. The van der Waals surface area contributed by atoms with Crippen LogP contribution in [0.2, 0.25) is 5.02 Å². The average Bonchev–Trinajstić information content (AvgIpc) is 3.50. The molecule has 1 aliphatic heterocycles. The van der Waals surface area contributed by atoms with Gasteiger partial charge in [0.15, 0.2) is 5.78 Å². The maximum absolute atomic E-state index is 14.3. The molecule has 0 bridgehead atoms. The first-order valence-corrected chi connectivity index (χ1v) is 25.1. The Morgan fingerprint density at radius 3 is 2.29 bits per heavy atom. The highest BCUT2D eigenvalue weighted by atomic mass is 35.5. The number of aliphatic carboxylic acids is 1. The number of hydrogen-bond acceptors (Lipinski definition) is 7. The van der Waals surface area contributed by atoms with Crippen molar-refractivity contribution >= 4 is 35.2 Å². The highest BCUT2D eigenvalue weighted by Gasteiger charge is 2.70. The number of allylic oxidation sites excluding steroid dienone is 2. The Bertz CT molecular complexity index is 2020. The van der Waals surface area contributed by atoms with Gasteiger partial charge in [-0.3, -0.25) is 24.1 Å². The number of carboxylic acid groups (broad SMARTS) is 1. The van der Waals surface area contributed by atoms with Crippen molar-refractivity contribution in [3.05, 3.63) is 39.9 Å². The molecule has 10 heteroatoms. The quantitative estimate of drug-likeness (QED) is 0.199. The number of esters is 1. The Kier molecular flexibility index (Phi) is 12.4. The number of rotatable bonds is 12. The molecule has 1 aromatic rings. The molecule has 0 aromatic heterocycles. The summed E-state index contributed by atoms with van der Waals surface area (Å²) in [5.41, 5.74) is 1.97. The number of nitrogens with zero attached hydrogens (tertiary/aromatic N) is 1. The fourth-order valence-corrected chi connectivity index (χ4v) is 16.1. The number of Topliss-reactive ketones (excluding diaryl/α,β-unsaturated/α-hetero) is 1. The van der Waals surface area contributed by atoms with E-state index in [1.807, 2.05) is 32.0 Å². The standard InChI is InChI=1S/C53H77ClN2O7/c1-32(2)44-38(57)29-53(30-43(58)55-31-33-13-14-34(54)27-39(33)62-26-25-56-23-11-10-12-24-56)22-21-51(8)35(45(44)53)15-16-41-50(7)19-18-42(49(5,6)40(50)17-20-52(41,51)9)63-47(61)37-28-36(46(59)60)48(37,3)4/h13-14,27,32,35-37,40-42H,10-12,15-26,28-31H2,1-9H3,(H,55,58)(H,59,60)/t35-,36+,37-,40+,41-,42+,50+,51-,52-,53+/m1/s1. The van der Waals surface area contributed by atoms with Gasteiger partial charge in [0.1, 0.15) is 18.5 Å². The lowest BCUT2D eigenvalue weighted by Gasteiger charge is -2.72. The van der Waals surface area contributed by atoms with Crippen LogP contribution in [0.3, 0.4) is 0 Å². The molecule has 5 saturated carbocycles. The second kappa shape index (κ2) is 16.8. The second-order valence-corrected chi connectivity index (χ2v) is 24.2. The second-order valence-electron chi connectivity index (χ2n) is 23.7. The maximum Gasteiger partial charge on any atom is 0.309 e. The molecule has 8 rings (SSSR count). The van der Waals surface area contributed by atoms with Crippen molar-refractivity contribution in [1.82, 2.24) is 10.2 Å². The van der Waals surface area contributed by atoms with E-state index in [1.54, 1.807) is 0 Å². The smallest absolute Gasteiger partial charge is 0.309 e. The summed E-state index contributed by atoms with van der Waals surface area (Å²) in [7, 11) is 0. The summed E-state index contributed by atoms with van der Waals surface area (Å²) in [5, 5.41) is 13.6. The molecule has 63 heavy (non-hydrogen) atoms. The zero-order valence-corrected chi connectivity index (χ0v) is 40.7.